The number of para-hydroxylation sites is 2. The first-order valence-corrected chi connectivity index (χ1v) is 10.8. The molecule has 3 aromatic rings. The fourth-order valence-corrected chi connectivity index (χ4v) is 3.60. The van der Waals surface area contributed by atoms with Crippen molar-refractivity contribution in [1.29, 1.82) is 0 Å². The van der Waals surface area contributed by atoms with Crippen LogP contribution in [0.5, 0.6) is 0 Å². The Kier molecular flexibility index (Phi) is 7.70. The summed E-state index contributed by atoms with van der Waals surface area (Å²) in [5, 5.41) is 2.72. The molecule has 0 aliphatic carbocycles. The van der Waals surface area contributed by atoms with Gasteiger partial charge in [-0.25, -0.2) is 4.79 Å². The average Bonchev–Trinajstić information content (AvgIpc) is 3.09. The number of rotatable bonds is 10. The molecule has 8 nitrogen and oxygen atoms in total. The summed E-state index contributed by atoms with van der Waals surface area (Å²) in [5.74, 6) is -1.35. The van der Waals surface area contributed by atoms with Gasteiger partial charge in [0.25, 0.3) is 5.91 Å². The van der Waals surface area contributed by atoms with Gasteiger partial charge in [0.05, 0.1) is 5.52 Å². The number of fused-ring (bicyclic) bond motifs is 1. The molecule has 170 valence electrons. The molecule has 1 heterocycles. The van der Waals surface area contributed by atoms with Crippen LogP contribution in [0.3, 0.4) is 0 Å². The summed E-state index contributed by atoms with van der Waals surface area (Å²) in [6, 6.07) is 15.1. The maximum Gasteiger partial charge on any atom is 0.419 e. The van der Waals surface area contributed by atoms with E-state index in [-0.39, 0.29) is 13.0 Å². The van der Waals surface area contributed by atoms with Crippen molar-refractivity contribution in [2.75, 3.05) is 23.4 Å². The third-order valence-corrected chi connectivity index (χ3v) is 5.15. The molecule has 0 unspecified atom stereocenters. The van der Waals surface area contributed by atoms with Gasteiger partial charge < -0.3 is 19.4 Å². The number of nitrogens with one attached hydrogen (secondary N) is 1. The topological polar surface area (TPSA) is 93.8 Å². The summed E-state index contributed by atoms with van der Waals surface area (Å²) in [7, 11) is 0. The molecule has 0 saturated carbocycles. The van der Waals surface area contributed by atoms with E-state index in [9.17, 15) is 14.4 Å². The summed E-state index contributed by atoms with van der Waals surface area (Å²) < 4.78 is 11.7. The molecule has 1 amide bonds. The van der Waals surface area contributed by atoms with Crippen molar-refractivity contribution in [1.82, 2.24) is 4.57 Å². The number of anilines is 2. The molecule has 32 heavy (non-hydrogen) atoms. The van der Waals surface area contributed by atoms with Crippen LogP contribution in [-0.4, -0.2) is 35.6 Å². The van der Waals surface area contributed by atoms with Crippen molar-refractivity contribution in [3.05, 3.63) is 59.1 Å². The lowest BCUT2D eigenvalue weighted by Gasteiger charge is -2.27. The fourth-order valence-electron chi connectivity index (χ4n) is 3.60. The van der Waals surface area contributed by atoms with Gasteiger partial charge in [0.1, 0.15) is 0 Å². The fraction of sp³-hybridized carbons (Fsp3) is 0.375. The van der Waals surface area contributed by atoms with Crippen LogP contribution >= 0.6 is 0 Å². The van der Waals surface area contributed by atoms with E-state index in [0.29, 0.717) is 35.8 Å². The van der Waals surface area contributed by atoms with E-state index in [0.717, 1.165) is 12.2 Å². The van der Waals surface area contributed by atoms with Gasteiger partial charge in [-0.15, -0.1) is 0 Å². The van der Waals surface area contributed by atoms with Crippen LogP contribution in [0.2, 0.25) is 0 Å². The molecule has 0 fully saturated rings. The van der Waals surface area contributed by atoms with E-state index in [4.69, 9.17) is 9.15 Å². The Balaban J connectivity index is 1.42. The minimum absolute atomic E-state index is 0.0932. The van der Waals surface area contributed by atoms with Crippen molar-refractivity contribution in [2.24, 2.45) is 0 Å². The highest BCUT2D eigenvalue weighted by Gasteiger charge is 2.12. The van der Waals surface area contributed by atoms with Crippen molar-refractivity contribution < 1.29 is 18.7 Å². The predicted molar refractivity (Wildman–Crippen MR) is 124 cm³/mol. The van der Waals surface area contributed by atoms with Crippen LogP contribution in [-0.2, 0) is 20.9 Å². The Morgan fingerprint density at radius 2 is 1.84 bits per heavy atom. The first kappa shape index (κ1) is 23.1. The van der Waals surface area contributed by atoms with Gasteiger partial charge in [-0.2, -0.15) is 0 Å². The number of benzene rings is 2. The molecule has 2 aromatic carbocycles. The Morgan fingerprint density at radius 3 is 2.53 bits per heavy atom. The van der Waals surface area contributed by atoms with Crippen LogP contribution in [0.15, 0.2) is 57.7 Å². The van der Waals surface area contributed by atoms with Crippen LogP contribution in [0.25, 0.3) is 11.1 Å². The second-order valence-corrected chi connectivity index (χ2v) is 7.73. The maximum absolute atomic E-state index is 12.1. The summed E-state index contributed by atoms with van der Waals surface area (Å²) in [6.45, 7) is 7.22. The SMILES string of the molecule is CCN(c1ccc(NC(=O)COC(=O)CCCn2c(=O)oc3ccccc32)cc1)C(C)C. The van der Waals surface area contributed by atoms with Gasteiger partial charge in [-0.1, -0.05) is 12.1 Å². The zero-order chi connectivity index (χ0) is 23.1. The number of carbonyl (C=O) groups excluding carboxylic acids is 2. The number of oxazole rings is 1. The van der Waals surface area contributed by atoms with Gasteiger partial charge in [0.2, 0.25) is 0 Å². The molecule has 1 aromatic heterocycles. The van der Waals surface area contributed by atoms with E-state index < -0.39 is 17.6 Å². The Bertz CT molecular complexity index is 1110. The lowest BCUT2D eigenvalue weighted by atomic mass is 10.2. The first-order chi connectivity index (χ1) is 15.4. The molecule has 0 bridgehead atoms. The smallest absolute Gasteiger partial charge is 0.419 e. The average molecular weight is 440 g/mol. The molecule has 8 heteroatoms. The molecule has 0 aliphatic rings. The molecular weight excluding hydrogens is 410 g/mol. The van der Waals surface area contributed by atoms with Crippen LogP contribution in [0.4, 0.5) is 11.4 Å². The van der Waals surface area contributed by atoms with Crippen LogP contribution in [0.1, 0.15) is 33.6 Å². The standard InChI is InChI=1S/C24H29N3O5/c1-4-26(17(2)3)19-13-11-18(12-14-19)25-22(28)16-31-23(29)10-7-15-27-20-8-5-6-9-21(20)32-24(27)30/h5-6,8-9,11-14,17H,4,7,10,15-16H2,1-3H3,(H,25,28). The summed E-state index contributed by atoms with van der Waals surface area (Å²) in [4.78, 5) is 38.3. The van der Waals surface area contributed by atoms with Crippen LogP contribution in [0, 0.1) is 0 Å². The molecule has 0 saturated heterocycles. The highest BCUT2D eigenvalue weighted by molar-refractivity contribution is 5.92. The Labute approximate surface area is 186 Å². The highest BCUT2D eigenvalue weighted by atomic mass is 16.5. The van der Waals surface area contributed by atoms with Gasteiger partial charge >= 0.3 is 11.7 Å². The summed E-state index contributed by atoms with van der Waals surface area (Å²) in [6.07, 6.45) is 0.491. The molecule has 3 rings (SSSR count). The number of aromatic nitrogens is 1. The van der Waals surface area contributed by atoms with E-state index >= 15 is 0 Å². The van der Waals surface area contributed by atoms with Gasteiger partial charge in [-0.05, 0) is 63.6 Å². The van der Waals surface area contributed by atoms with Crippen molar-refractivity contribution in [3.63, 3.8) is 0 Å². The molecule has 0 radical (unpaired) electrons. The second-order valence-electron chi connectivity index (χ2n) is 7.73. The quantitative estimate of drug-likeness (QED) is 0.483. The lowest BCUT2D eigenvalue weighted by molar-refractivity contribution is -0.147. The first-order valence-electron chi connectivity index (χ1n) is 10.8. The number of hydrogen-bond donors (Lipinski definition) is 1. The summed E-state index contributed by atoms with van der Waals surface area (Å²) >= 11 is 0. The highest BCUT2D eigenvalue weighted by Crippen LogP contribution is 2.20. The normalized spacial score (nSPS) is 11.0. The van der Waals surface area contributed by atoms with E-state index in [1.165, 1.54) is 4.57 Å². The van der Waals surface area contributed by atoms with E-state index in [1.54, 1.807) is 18.2 Å². The number of amides is 1. The molecule has 0 aliphatic heterocycles. The van der Waals surface area contributed by atoms with E-state index in [2.05, 4.69) is 31.0 Å². The maximum atomic E-state index is 12.1. The summed E-state index contributed by atoms with van der Waals surface area (Å²) in [5.41, 5.74) is 2.92. The number of carbonyl (C=O) groups is 2. The second kappa shape index (κ2) is 10.7. The number of ether oxygens (including phenoxy) is 1. The van der Waals surface area contributed by atoms with Gasteiger partial charge in [0, 0.05) is 36.9 Å². The molecule has 1 N–H and O–H groups in total. The monoisotopic (exact) mass is 439 g/mol. The van der Waals surface area contributed by atoms with Gasteiger partial charge in [0.15, 0.2) is 12.2 Å². The third-order valence-electron chi connectivity index (χ3n) is 5.15. The minimum Gasteiger partial charge on any atom is -0.456 e. The Hall–Kier alpha value is -3.55. The van der Waals surface area contributed by atoms with Crippen molar-refractivity contribution in [3.8, 4) is 0 Å². The third kappa shape index (κ3) is 5.78. The predicted octanol–water partition coefficient (Wildman–Crippen LogP) is 3.79. The lowest BCUT2D eigenvalue weighted by Crippen LogP contribution is -2.30. The minimum atomic E-state index is -0.494. The van der Waals surface area contributed by atoms with Crippen molar-refractivity contribution in [2.45, 2.75) is 46.2 Å². The molecule has 0 spiro atoms. The van der Waals surface area contributed by atoms with E-state index in [1.807, 2.05) is 30.3 Å². The molecule has 0 atom stereocenters. The number of nitrogens with zero attached hydrogens (tertiary/aromatic N) is 2. The zero-order valence-electron chi connectivity index (χ0n) is 18.7. The zero-order valence-corrected chi connectivity index (χ0v) is 18.7. The van der Waals surface area contributed by atoms with Crippen molar-refractivity contribution >= 4 is 34.4 Å². The Morgan fingerprint density at radius 1 is 1.12 bits per heavy atom. The number of aryl methyl sites for hydroxylation is 1. The number of hydrogen-bond acceptors (Lipinski definition) is 6. The largest absolute Gasteiger partial charge is 0.456 e. The number of esters is 1. The van der Waals surface area contributed by atoms with Crippen LogP contribution < -0.4 is 16.0 Å². The molecular formula is C24H29N3O5. The van der Waals surface area contributed by atoms with Gasteiger partial charge in [-0.3, -0.25) is 14.2 Å².